The number of furan rings is 1. The van der Waals surface area contributed by atoms with E-state index in [1.807, 2.05) is 48.5 Å². The highest BCUT2D eigenvalue weighted by molar-refractivity contribution is 6.33. The third-order valence-corrected chi connectivity index (χ3v) is 16.5. The standard InChI is InChI=1S/C54H65ClF3NO6/c1-34-9-8-23-52(4)45(22-24-53(52,63)33-59(29-37-14-15-38-28-46(37)51(38,2)3)30-41(61)32-64-31-35-10-6-5-7-11-35)42-18-13-36(25-40(60)17-12-34)26-43(42)50(62)49-21-20-48(65-49)44-27-39(54(56,57)58)16-19-47(44)55/h5-7,9-11,13,16,18-21,26-27,37-38,40-41,45-46,60-61,63H,8,12,14-15,17,22-25,28-33H2,1-4H3/t37-,38-,40-,41+,45-,46-,52-,53+/m0/s1. The van der Waals surface area contributed by atoms with Gasteiger partial charge in [-0.15, -0.1) is 0 Å². The van der Waals surface area contributed by atoms with Crippen molar-refractivity contribution >= 4 is 17.4 Å². The molecule has 350 valence electrons. The number of hydrogen-bond donors (Lipinski definition) is 3. The highest BCUT2D eigenvalue weighted by Crippen LogP contribution is 2.62. The highest BCUT2D eigenvalue weighted by Gasteiger charge is 2.58. The van der Waals surface area contributed by atoms with Gasteiger partial charge in [-0.1, -0.05) is 86.5 Å². The SMILES string of the molecule is CC1=CCC[C@@]2(C)[C@@H](CC[C@@]2(O)CN(C[C@@H](O)COCc2ccccc2)C[C@@H]2CC[C@H]3C[C@@H]2C3(C)C)c2ccc(cc2C(=O)c2ccc(-c3cc(C(F)(F)F)ccc3Cl)o2)C[C@@H](O)CC1. The van der Waals surface area contributed by atoms with Gasteiger partial charge >= 0.3 is 6.18 Å². The molecular formula is C54H65ClF3NO6. The zero-order valence-electron chi connectivity index (χ0n) is 38.2. The first-order valence-electron chi connectivity index (χ1n) is 23.6. The molecule has 1 heterocycles. The molecular weight excluding hydrogens is 851 g/mol. The summed E-state index contributed by atoms with van der Waals surface area (Å²) in [6.07, 6.45) is 3.71. The molecule has 6 aliphatic carbocycles. The maximum Gasteiger partial charge on any atom is 0.416 e. The summed E-state index contributed by atoms with van der Waals surface area (Å²) in [7, 11) is 0. The summed E-state index contributed by atoms with van der Waals surface area (Å²) in [4.78, 5) is 17.1. The average Bonchev–Trinajstić information content (AvgIpc) is 3.85. The van der Waals surface area contributed by atoms with Gasteiger partial charge in [0.2, 0.25) is 5.78 Å². The molecule has 3 aromatic carbocycles. The van der Waals surface area contributed by atoms with Crippen LogP contribution in [0.1, 0.15) is 130 Å². The third-order valence-electron chi connectivity index (χ3n) is 16.2. The summed E-state index contributed by atoms with van der Waals surface area (Å²) in [6, 6.07) is 21.6. The minimum Gasteiger partial charge on any atom is -0.453 e. The topological polar surface area (TPSA) is 103 Å². The molecule has 0 radical (unpaired) electrons. The van der Waals surface area contributed by atoms with Gasteiger partial charge in [-0.2, -0.15) is 13.2 Å². The highest BCUT2D eigenvalue weighted by atomic mass is 35.5. The minimum atomic E-state index is -4.60. The van der Waals surface area contributed by atoms with E-state index in [4.69, 9.17) is 20.8 Å². The molecule has 6 aliphatic rings. The fraction of sp³-hybridized carbons (Fsp3) is 0.537. The summed E-state index contributed by atoms with van der Waals surface area (Å²) in [6.45, 7) is 11.0. The van der Waals surface area contributed by atoms with Gasteiger partial charge in [-0.05, 0) is 153 Å². The Morgan fingerprint density at radius 3 is 2.51 bits per heavy atom. The number of alkyl halides is 3. The molecule has 0 spiro atoms. The number of carbonyl (C=O) groups excluding carboxylic acids is 1. The molecule has 1 aromatic heterocycles. The number of hydrogen-bond acceptors (Lipinski definition) is 7. The van der Waals surface area contributed by atoms with Gasteiger partial charge in [0.1, 0.15) is 5.76 Å². The van der Waals surface area contributed by atoms with Crippen molar-refractivity contribution in [3.05, 3.63) is 129 Å². The van der Waals surface area contributed by atoms with Crippen molar-refractivity contribution in [1.82, 2.24) is 4.90 Å². The van der Waals surface area contributed by atoms with Crippen LogP contribution in [0.2, 0.25) is 5.02 Å². The van der Waals surface area contributed by atoms with E-state index in [2.05, 4.69) is 38.7 Å². The molecule has 4 aromatic rings. The lowest BCUT2D eigenvalue weighted by molar-refractivity contribution is -0.137. The molecule has 0 unspecified atom stereocenters. The van der Waals surface area contributed by atoms with Gasteiger partial charge in [-0.25, -0.2) is 0 Å². The maximum atomic E-state index is 14.8. The van der Waals surface area contributed by atoms with Gasteiger partial charge in [0.15, 0.2) is 5.76 Å². The molecule has 4 fully saturated rings. The van der Waals surface area contributed by atoms with Gasteiger partial charge in [0.25, 0.3) is 0 Å². The number of allylic oxidation sites excluding steroid dienone is 2. The van der Waals surface area contributed by atoms with Crippen molar-refractivity contribution in [3.8, 4) is 11.3 Å². The van der Waals surface area contributed by atoms with Gasteiger partial charge in [0, 0.05) is 36.2 Å². The molecule has 11 heteroatoms. The van der Waals surface area contributed by atoms with E-state index < -0.39 is 40.7 Å². The van der Waals surface area contributed by atoms with Crippen LogP contribution >= 0.6 is 11.6 Å². The van der Waals surface area contributed by atoms with Crippen LogP contribution in [-0.2, 0) is 23.9 Å². The van der Waals surface area contributed by atoms with Crippen molar-refractivity contribution in [3.63, 3.8) is 0 Å². The van der Waals surface area contributed by atoms with Crippen molar-refractivity contribution in [1.29, 1.82) is 0 Å². The van der Waals surface area contributed by atoms with Crippen LogP contribution in [0.25, 0.3) is 11.3 Å². The fourth-order valence-corrected chi connectivity index (χ4v) is 12.4. The van der Waals surface area contributed by atoms with Crippen LogP contribution in [0.4, 0.5) is 13.2 Å². The number of aliphatic hydroxyl groups excluding tert-OH is 2. The lowest BCUT2D eigenvalue weighted by Gasteiger charge is -2.61. The van der Waals surface area contributed by atoms with E-state index in [1.54, 1.807) is 0 Å². The summed E-state index contributed by atoms with van der Waals surface area (Å²) in [5, 5.41) is 36.2. The number of carbonyl (C=O) groups is 1. The van der Waals surface area contributed by atoms with Crippen LogP contribution in [0.5, 0.6) is 0 Å². The third kappa shape index (κ3) is 10.1. The zero-order valence-corrected chi connectivity index (χ0v) is 38.9. The van der Waals surface area contributed by atoms with Crippen molar-refractivity contribution in [2.75, 3.05) is 26.2 Å². The lowest BCUT2D eigenvalue weighted by atomic mass is 9.45. The Morgan fingerprint density at radius 1 is 0.985 bits per heavy atom. The predicted molar refractivity (Wildman–Crippen MR) is 248 cm³/mol. The minimum absolute atomic E-state index is 0.0234. The van der Waals surface area contributed by atoms with Crippen molar-refractivity contribution in [2.45, 2.75) is 128 Å². The number of ketones is 1. The van der Waals surface area contributed by atoms with Crippen LogP contribution in [-0.4, -0.2) is 70.1 Å². The number of fused-ring (bicyclic) bond motifs is 10. The zero-order chi connectivity index (χ0) is 46.3. The summed E-state index contributed by atoms with van der Waals surface area (Å²) in [5.41, 5.74) is 1.59. The fourth-order valence-electron chi connectivity index (χ4n) is 12.1. The van der Waals surface area contributed by atoms with Gasteiger partial charge in [0.05, 0.1) is 41.6 Å². The second kappa shape index (κ2) is 19.1. The molecule has 4 bridgehead atoms. The first-order valence-corrected chi connectivity index (χ1v) is 23.9. The molecule has 8 atom stereocenters. The summed E-state index contributed by atoms with van der Waals surface area (Å²) >= 11 is 6.39. The summed E-state index contributed by atoms with van der Waals surface area (Å²) in [5.74, 6) is 1.04. The van der Waals surface area contributed by atoms with Crippen LogP contribution in [0.15, 0.2) is 94.9 Å². The Kier molecular flexibility index (Phi) is 14.0. The number of aliphatic hydroxyl groups is 3. The second-order valence-electron chi connectivity index (χ2n) is 20.7. The van der Waals surface area contributed by atoms with Gasteiger partial charge in [-0.3, -0.25) is 9.69 Å². The Labute approximate surface area is 387 Å². The molecule has 0 aliphatic heterocycles. The molecule has 0 amide bonds. The first-order chi connectivity index (χ1) is 30.8. The van der Waals surface area contributed by atoms with E-state index >= 15 is 0 Å². The number of rotatable bonds is 13. The van der Waals surface area contributed by atoms with Crippen LogP contribution in [0.3, 0.4) is 0 Å². The van der Waals surface area contributed by atoms with Crippen molar-refractivity contribution < 1.29 is 42.4 Å². The summed E-state index contributed by atoms with van der Waals surface area (Å²) < 4.78 is 53.3. The van der Waals surface area contributed by atoms with E-state index in [0.717, 1.165) is 47.7 Å². The van der Waals surface area contributed by atoms with Crippen LogP contribution in [0, 0.1) is 28.6 Å². The van der Waals surface area contributed by atoms with Crippen molar-refractivity contribution in [2.24, 2.45) is 28.6 Å². The largest absolute Gasteiger partial charge is 0.453 e. The molecule has 10 rings (SSSR count). The molecule has 3 N–H and O–H groups in total. The molecule has 7 nitrogen and oxygen atoms in total. The predicted octanol–water partition coefficient (Wildman–Crippen LogP) is 11.8. The number of nitrogens with zero attached hydrogens (tertiary/aromatic N) is 1. The normalized spacial score (nSPS) is 28.3. The van der Waals surface area contributed by atoms with E-state index in [9.17, 15) is 33.3 Å². The van der Waals surface area contributed by atoms with E-state index in [0.29, 0.717) is 82.0 Å². The quantitative estimate of drug-likeness (QED) is 0.0907. The van der Waals surface area contributed by atoms with Gasteiger partial charge < -0.3 is 24.5 Å². The number of halogens is 4. The maximum absolute atomic E-state index is 14.8. The van der Waals surface area contributed by atoms with Crippen LogP contribution < -0.4 is 0 Å². The Balaban J connectivity index is 1.12. The lowest BCUT2D eigenvalue weighted by Crippen LogP contribution is -2.58. The number of ether oxygens (including phenoxy) is 1. The first kappa shape index (κ1) is 47.7. The Hall–Kier alpha value is -3.77. The number of benzene rings is 3. The van der Waals surface area contributed by atoms with E-state index in [1.165, 1.54) is 36.6 Å². The molecule has 0 saturated heterocycles. The average molecular weight is 917 g/mol. The molecule has 65 heavy (non-hydrogen) atoms. The molecule has 4 saturated carbocycles. The Bertz CT molecular complexity index is 2340. The monoisotopic (exact) mass is 915 g/mol. The Morgan fingerprint density at radius 2 is 1.77 bits per heavy atom. The van der Waals surface area contributed by atoms with E-state index in [-0.39, 0.29) is 40.0 Å². The smallest absolute Gasteiger partial charge is 0.416 e. The second-order valence-corrected chi connectivity index (χ2v) is 21.1.